The molecule has 10 aromatic rings. The second-order valence-corrected chi connectivity index (χ2v) is 12.6. The number of rotatable bonds is 5. The number of hydrogen-bond donors (Lipinski definition) is 0. The highest BCUT2D eigenvalue weighted by Crippen LogP contribution is 2.44. The summed E-state index contributed by atoms with van der Waals surface area (Å²) in [5.74, 6) is 1.90. The van der Waals surface area contributed by atoms with Crippen molar-refractivity contribution in [2.45, 2.75) is 0 Å². The van der Waals surface area contributed by atoms with Crippen LogP contribution in [0.4, 0.5) is 0 Å². The van der Waals surface area contributed by atoms with Gasteiger partial charge >= 0.3 is 0 Å². The number of nitrogens with zero attached hydrogens (tertiary/aromatic N) is 5. The van der Waals surface area contributed by atoms with Crippen LogP contribution in [0.15, 0.2) is 176 Å². The normalized spacial score (nSPS) is 11.5. The van der Waals surface area contributed by atoms with Crippen LogP contribution >= 0.6 is 0 Å². The fourth-order valence-electron chi connectivity index (χ4n) is 7.37. The van der Waals surface area contributed by atoms with Crippen molar-refractivity contribution in [1.29, 1.82) is 0 Å². The molecule has 3 aromatic heterocycles. The van der Waals surface area contributed by atoms with Gasteiger partial charge in [0, 0.05) is 54.9 Å². The molecule has 0 aliphatic carbocycles. The van der Waals surface area contributed by atoms with Crippen molar-refractivity contribution in [3.8, 4) is 51.1 Å². The highest BCUT2D eigenvalue weighted by atomic mass is 15.0. The van der Waals surface area contributed by atoms with Gasteiger partial charge in [-0.3, -0.25) is 0 Å². The van der Waals surface area contributed by atoms with Crippen LogP contribution in [-0.4, -0.2) is 24.5 Å². The second kappa shape index (κ2) is 11.9. The lowest BCUT2D eigenvalue weighted by Crippen LogP contribution is -2.00. The molecule has 7 aromatic carbocycles. The van der Waals surface area contributed by atoms with E-state index in [1.807, 2.05) is 66.7 Å². The van der Waals surface area contributed by atoms with E-state index in [-0.39, 0.29) is 0 Å². The minimum atomic E-state index is 0.630. The lowest BCUT2D eigenvalue weighted by molar-refractivity contribution is 1.08. The Morgan fingerprint density at radius 1 is 0.353 bits per heavy atom. The minimum absolute atomic E-state index is 0.630. The first kappa shape index (κ1) is 29.0. The zero-order valence-electron chi connectivity index (χ0n) is 27.5. The Labute approximate surface area is 294 Å². The van der Waals surface area contributed by atoms with Crippen LogP contribution in [0.5, 0.6) is 0 Å². The largest absolute Gasteiger partial charge is 0.309 e. The third kappa shape index (κ3) is 4.78. The van der Waals surface area contributed by atoms with Crippen molar-refractivity contribution in [3.63, 3.8) is 0 Å². The summed E-state index contributed by atoms with van der Waals surface area (Å²) < 4.78 is 2.40. The summed E-state index contributed by atoms with van der Waals surface area (Å²) in [4.78, 5) is 20.5. The van der Waals surface area contributed by atoms with Gasteiger partial charge in [-0.25, -0.2) is 19.9 Å². The highest BCUT2D eigenvalue weighted by molar-refractivity contribution is 6.28. The Morgan fingerprint density at radius 2 is 0.902 bits per heavy atom. The number of fused-ring (bicyclic) bond motifs is 7. The molecule has 0 N–H and O–H groups in total. The van der Waals surface area contributed by atoms with E-state index in [9.17, 15) is 0 Å². The Balaban J connectivity index is 1.36. The predicted octanol–water partition coefficient (Wildman–Crippen LogP) is 11.3. The van der Waals surface area contributed by atoms with Gasteiger partial charge in [0.15, 0.2) is 17.5 Å². The van der Waals surface area contributed by atoms with Crippen LogP contribution in [0.2, 0.25) is 0 Å². The van der Waals surface area contributed by atoms with E-state index in [4.69, 9.17) is 19.9 Å². The molecule has 238 valence electrons. The van der Waals surface area contributed by atoms with Gasteiger partial charge in [-0.1, -0.05) is 152 Å². The molecule has 0 aliphatic rings. The Hall–Kier alpha value is -6.98. The van der Waals surface area contributed by atoms with Crippen molar-refractivity contribution in [2.24, 2.45) is 0 Å². The van der Waals surface area contributed by atoms with E-state index in [0.717, 1.165) is 77.1 Å². The zero-order chi connectivity index (χ0) is 33.7. The van der Waals surface area contributed by atoms with Crippen LogP contribution in [0.1, 0.15) is 0 Å². The van der Waals surface area contributed by atoms with Gasteiger partial charge in [0.25, 0.3) is 0 Å². The molecule has 0 aliphatic heterocycles. The maximum Gasteiger partial charge on any atom is 0.164 e. The Kier molecular flexibility index (Phi) is 6.74. The van der Waals surface area contributed by atoms with Crippen LogP contribution < -0.4 is 0 Å². The summed E-state index contributed by atoms with van der Waals surface area (Å²) in [6.07, 6.45) is 0. The first-order chi connectivity index (χ1) is 25.3. The van der Waals surface area contributed by atoms with E-state index >= 15 is 0 Å². The number of pyridine rings is 1. The summed E-state index contributed by atoms with van der Waals surface area (Å²) in [5.41, 5.74) is 9.12. The van der Waals surface area contributed by atoms with Crippen molar-refractivity contribution < 1.29 is 0 Å². The van der Waals surface area contributed by atoms with Gasteiger partial charge in [0.2, 0.25) is 0 Å². The molecule has 3 heterocycles. The molecule has 0 atom stereocenters. The first-order valence-corrected chi connectivity index (χ1v) is 17.1. The zero-order valence-corrected chi connectivity index (χ0v) is 27.5. The van der Waals surface area contributed by atoms with Gasteiger partial charge in [0.05, 0.1) is 22.2 Å². The monoisotopic (exact) mass is 651 g/mol. The summed E-state index contributed by atoms with van der Waals surface area (Å²) in [7, 11) is 0. The maximum absolute atomic E-state index is 5.24. The summed E-state index contributed by atoms with van der Waals surface area (Å²) in [6, 6.07) is 60.8. The van der Waals surface area contributed by atoms with Crippen LogP contribution in [0.3, 0.4) is 0 Å². The predicted molar refractivity (Wildman–Crippen MR) is 209 cm³/mol. The fourth-order valence-corrected chi connectivity index (χ4v) is 7.37. The topological polar surface area (TPSA) is 56.5 Å². The van der Waals surface area contributed by atoms with Gasteiger partial charge in [0.1, 0.15) is 0 Å². The van der Waals surface area contributed by atoms with Gasteiger partial charge in [-0.2, -0.15) is 0 Å². The van der Waals surface area contributed by atoms with Gasteiger partial charge in [-0.05, 0) is 24.3 Å². The van der Waals surface area contributed by atoms with Crippen molar-refractivity contribution >= 4 is 43.5 Å². The summed E-state index contributed by atoms with van der Waals surface area (Å²) in [6.45, 7) is 0. The summed E-state index contributed by atoms with van der Waals surface area (Å²) in [5, 5.41) is 5.58. The van der Waals surface area contributed by atoms with Gasteiger partial charge in [-0.15, -0.1) is 0 Å². The van der Waals surface area contributed by atoms with E-state index < -0.39 is 0 Å². The van der Waals surface area contributed by atoms with Crippen LogP contribution in [0, 0.1) is 0 Å². The molecule has 0 saturated carbocycles. The molecule has 0 radical (unpaired) electrons. The molecule has 0 bridgehead atoms. The van der Waals surface area contributed by atoms with Crippen LogP contribution in [0.25, 0.3) is 94.6 Å². The number of aromatic nitrogens is 5. The molecule has 0 amide bonds. The number of para-hydroxylation sites is 2. The average molecular weight is 652 g/mol. The standard InChI is InChI=1S/C46H29N5/c1-5-16-30(17-6-1)42-35-28-29-36-40-37(46-49-44(31-18-7-2-8-19-31)48-45(50-46)32-20-9-3-10-21-32)25-15-27-39(40)51(33-22-11-4-12-23-33)43(36)41(35)34-24-13-14-26-38(34)47-42/h1-29H. The van der Waals surface area contributed by atoms with Crippen LogP contribution in [-0.2, 0) is 0 Å². The second-order valence-electron chi connectivity index (χ2n) is 12.6. The molecule has 0 saturated heterocycles. The number of benzene rings is 7. The van der Waals surface area contributed by atoms with Crippen molar-refractivity contribution in [1.82, 2.24) is 24.5 Å². The smallest absolute Gasteiger partial charge is 0.164 e. The Morgan fingerprint density at radius 3 is 1.57 bits per heavy atom. The molecule has 5 nitrogen and oxygen atoms in total. The van der Waals surface area contributed by atoms with Crippen molar-refractivity contribution in [2.75, 3.05) is 0 Å². The Bertz CT molecular complexity index is 2830. The molecule has 10 rings (SSSR count). The number of hydrogen-bond acceptors (Lipinski definition) is 4. The molecule has 51 heavy (non-hydrogen) atoms. The fraction of sp³-hybridized carbons (Fsp3) is 0. The van der Waals surface area contributed by atoms with E-state index in [1.165, 1.54) is 0 Å². The lowest BCUT2D eigenvalue weighted by atomic mass is 9.96. The molecule has 0 unspecified atom stereocenters. The van der Waals surface area contributed by atoms with Gasteiger partial charge < -0.3 is 4.57 Å². The molecule has 0 fully saturated rings. The molecule has 0 spiro atoms. The van der Waals surface area contributed by atoms with E-state index in [2.05, 4.69) is 114 Å². The highest BCUT2D eigenvalue weighted by Gasteiger charge is 2.23. The minimum Gasteiger partial charge on any atom is -0.309 e. The quantitative estimate of drug-likeness (QED) is 0.174. The van der Waals surface area contributed by atoms with Crippen molar-refractivity contribution in [3.05, 3.63) is 176 Å². The third-order valence-corrected chi connectivity index (χ3v) is 9.62. The van der Waals surface area contributed by atoms with E-state index in [1.54, 1.807) is 0 Å². The first-order valence-electron chi connectivity index (χ1n) is 17.1. The summed E-state index contributed by atoms with van der Waals surface area (Å²) >= 11 is 0. The molecular weight excluding hydrogens is 623 g/mol. The third-order valence-electron chi connectivity index (χ3n) is 9.62. The van der Waals surface area contributed by atoms with E-state index in [0.29, 0.717) is 17.5 Å². The lowest BCUT2D eigenvalue weighted by Gasteiger charge is -2.14. The molecular formula is C46H29N5. The average Bonchev–Trinajstić information content (AvgIpc) is 3.56. The SMILES string of the molecule is c1ccc(-c2nc(-c3ccccc3)nc(-c3cccc4c3c3ccc5c(-c6ccccc6)nc6ccccc6c5c3n4-c3ccccc3)n2)cc1. The molecule has 5 heteroatoms. The maximum atomic E-state index is 5.24.